The number of aromatic nitrogens is 3. The second-order valence-corrected chi connectivity index (χ2v) is 8.45. The topological polar surface area (TPSA) is 77.0 Å². The van der Waals surface area contributed by atoms with Crippen LogP contribution in [0.2, 0.25) is 0 Å². The van der Waals surface area contributed by atoms with Crippen molar-refractivity contribution in [2.45, 2.75) is 37.5 Å². The molecule has 0 radical (unpaired) electrons. The molecule has 2 aromatic rings. The van der Waals surface area contributed by atoms with Crippen molar-refractivity contribution in [1.82, 2.24) is 19.7 Å². The summed E-state index contributed by atoms with van der Waals surface area (Å²) in [6, 6.07) is 2.41. The molecule has 144 valence electrons. The fourth-order valence-electron chi connectivity index (χ4n) is 3.89. The Kier molecular flexibility index (Phi) is 4.16. The second kappa shape index (κ2) is 6.07. The number of halogens is 3. The zero-order valence-electron chi connectivity index (χ0n) is 14.6. The molecule has 0 bridgehead atoms. The van der Waals surface area contributed by atoms with Crippen molar-refractivity contribution >= 4 is 27.2 Å². The maximum atomic E-state index is 13.2. The van der Waals surface area contributed by atoms with Crippen molar-refractivity contribution in [2.75, 3.05) is 13.1 Å². The van der Waals surface area contributed by atoms with Gasteiger partial charge in [-0.2, -0.15) is 0 Å². The predicted molar refractivity (Wildman–Crippen MR) is 95.2 cm³/mol. The number of aryl methyl sites for hydroxylation is 1. The van der Waals surface area contributed by atoms with E-state index in [4.69, 9.17) is 5.73 Å². The molecule has 4 rings (SSSR count). The first-order valence-corrected chi connectivity index (χ1v) is 9.78. The fraction of sp³-hybridized carbons (Fsp3) is 0.471. The third-order valence-corrected chi connectivity index (χ3v) is 6.30. The van der Waals surface area contributed by atoms with Crippen LogP contribution in [0.1, 0.15) is 24.6 Å². The first-order valence-electron chi connectivity index (χ1n) is 8.56. The molecule has 1 fully saturated rings. The van der Waals surface area contributed by atoms with Gasteiger partial charge in [0, 0.05) is 0 Å². The summed E-state index contributed by atoms with van der Waals surface area (Å²) in [6.07, 6.45) is -2.14. The van der Waals surface area contributed by atoms with E-state index in [1.54, 1.807) is 11.8 Å². The van der Waals surface area contributed by atoms with Crippen molar-refractivity contribution < 1.29 is 18.0 Å². The van der Waals surface area contributed by atoms with Gasteiger partial charge in [-0.15, -0.1) is 0 Å². The molecule has 27 heavy (non-hydrogen) atoms. The molecule has 2 aromatic heterocycles. The Morgan fingerprint density at radius 3 is 2.70 bits per heavy atom. The maximum absolute atomic E-state index is 13.2. The average molecular weight is 441 g/mol. The van der Waals surface area contributed by atoms with E-state index < -0.39 is 17.8 Å². The number of rotatable bonds is 2. The monoisotopic (exact) mass is 441 g/mol. The Labute approximate surface area is 162 Å². The molecule has 1 spiro atoms. The first kappa shape index (κ1) is 18.5. The molecule has 2 N–H and O–H groups in total. The van der Waals surface area contributed by atoms with E-state index in [-0.39, 0.29) is 15.8 Å². The van der Waals surface area contributed by atoms with Crippen LogP contribution in [0.15, 0.2) is 18.3 Å². The second-order valence-electron chi connectivity index (χ2n) is 7.31. The Hall–Kier alpha value is -1.86. The fourth-order valence-corrected chi connectivity index (χ4v) is 4.57. The van der Waals surface area contributed by atoms with Crippen molar-refractivity contribution in [3.05, 3.63) is 29.6 Å². The standard InChI is InChI=1S/C17H19AsF3N5O/c1-9(22)15(27)25-7-16(8-25)2-3-26-13(16)5-12(24-26)10-4-11(17(19,20)21)14(18)23-6-10/h4-6,9H,2-3,7-8,18,22H2,1H3. The van der Waals surface area contributed by atoms with Gasteiger partial charge in [0.2, 0.25) is 0 Å². The summed E-state index contributed by atoms with van der Waals surface area (Å²) in [5.41, 5.74) is 6.56. The van der Waals surface area contributed by atoms with Crippen LogP contribution in [-0.4, -0.2) is 61.6 Å². The van der Waals surface area contributed by atoms with Gasteiger partial charge in [-0.1, -0.05) is 0 Å². The van der Waals surface area contributed by atoms with E-state index in [0.717, 1.165) is 35.0 Å². The number of nitrogens with two attached hydrogens (primary N) is 1. The van der Waals surface area contributed by atoms with E-state index in [0.29, 0.717) is 30.9 Å². The molecule has 2 aliphatic rings. The summed E-state index contributed by atoms with van der Waals surface area (Å²) in [5, 5.41) is 4.48. The number of carbonyl (C=O) groups excluding carboxylic acids is 1. The number of hydrogen-bond acceptors (Lipinski definition) is 4. The molecular formula is C17H19AsF3N5O. The van der Waals surface area contributed by atoms with Gasteiger partial charge in [-0.3, -0.25) is 0 Å². The zero-order valence-corrected chi connectivity index (χ0v) is 17.0. The van der Waals surface area contributed by atoms with Crippen LogP contribution in [0.3, 0.4) is 0 Å². The number of nitrogens with zero attached hydrogens (tertiary/aromatic N) is 4. The summed E-state index contributed by atoms with van der Waals surface area (Å²) in [5.74, 6) is -0.0850. The number of likely N-dealkylation sites (tertiary alicyclic amines) is 1. The van der Waals surface area contributed by atoms with Gasteiger partial charge in [0.1, 0.15) is 0 Å². The molecule has 0 aliphatic carbocycles. The molecule has 6 nitrogen and oxygen atoms in total. The predicted octanol–water partition coefficient (Wildman–Crippen LogP) is 0.0532. The van der Waals surface area contributed by atoms with Gasteiger partial charge < -0.3 is 5.73 Å². The Bertz CT molecular complexity index is 918. The molecule has 0 saturated carbocycles. The van der Waals surface area contributed by atoms with Gasteiger partial charge in [-0.05, 0) is 6.92 Å². The van der Waals surface area contributed by atoms with Crippen LogP contribution in [-0.2, 0) is 22.9 Å². The third kappa shape index (κ3) is 2.97. The van der Waals surface area contributed by atoms with Crippen LogP contribution >= 0.6 is 0 Å². The van der Waals surface area contributed by atoms with E-state index >= 15 is 0 Å². The number of hydrogen-bond donors (Lipinski definition) is 1. The van der Waals surface area contributed by atoms with Crippen molar-refractivity contribution in [3.63, 3.8) is 0 Å². The minimum absolute atomic E-state index is 0.00558. The first-order chi connectivity index (χ1) is 12.6. The number of carbonyl (C=O) groups is 1. The van der Waals surface area contributed by atoms with Gasteiger partial charge in [0.15, 0.2) is 0 Å². The molecule has 1 saturated heterocycles. The summed E-state index contributed by atoms with van der Waals surface area (Å²) in [7, 11) is 0. The summed E-state index contributed by atoms with van der Waals surface area (Å²) in [4.78, 5) is 17.7. The van der Waals surface area contributed by atoms with Crippen LogP contribution in [0.25, 0.3) is 11.3 Å². The quantitative estimate of drug-likeness (QED) is 0.669. The van der Waals surface area contributed by atoms with E-state index in [2.05, 4.69) is 10.1 Å². The van der Waals surface area contributed by atoms with Crippen LogP contribution in [0.5, 0.6) is 0 Å². The number of amides is 1. The van der Waals surface area contributed by atoms with Gasteiger partial charge in [0.05, 0.1) is 0 Å². The minimum atomic E-state index is -4.44. The molecule has 2 unspecified atom stereocenters. The average Bonchev–Trinajstić information content (AvgIpc) is 3.11. The van der Waals surface area contributed by atoms with Crippen molar-refractivity contribution in [2.24, 2.45) is 5.73 Å². The van der Waals surface area contributed by atoms with Gasteiger partial charge >= 0.3 is 149 Å². The molecule has 1 amide bonds. The summed E-state index contributed by atoms with van der Waals surface area (Å²) >= 11 is 0.838. The normalized spacial score (nSPS) is 19.1. The number of alkyl halides is 3. The van der Waals surface area contributed by atoms with Crippen LogP contribution < -0.4 is 10.2 Å². The Morgan fingerprint density at radius 1 is 1.37 bits per heavy atom. The van der Waals surface area contributed by atoms with E-state index in [1.165, 1.54) is 6.20 Å². The molecular weight excluding hydrogens is 422 g/mol. The van der Waals surface area contributed by atoms with Crippen molar-refractivity contribution in [1.29, 1.82) is 0 Å². The molecule has 2 aliphatic heterocycles. The SMILES string of the molecule is CC(N)C(=O)N1CC2(CCn3nc(-c4cnc([AsH2])c(C(F)(F)F)c4)cc32)C1. The van der Waals surface area contributed by atoms with Gasteiger partial charge in [-0.25, -0.2) is 0 Å². The van der Waals surface area contributed by atoms with Gasteiger partial charge in [0.25, 0.3) is 0 Å². The number of pyridine rings is 1. The molecule has 0 aromatic carbocycles. The summed E-state index contributed by atoms with van der Waals surface area (Å²) < 4.78 is 41.4. The molecule has 4 heterocycles. The Balaban J connectivity index is 1.63. The summed E-state index contributed by atoms with van der Waals surface area (Å²) in [6.45, 7) is 3.49. The number of fused-ring (bicyclic) bond motifs is 2. The van der Waals surface area contributed by atoms with E-state index in [9.17, 15) is 18.0 Å². The van der Waals surface area contributed by atoms with E-state index in [1.807, 2.05) is 10.7 Å². The zero-order chi connectivity index (χ0) is 19.6. The molecule has 10 heteroatoms. The van der Waals surface area contributed by atoms with Crippen LogP contribution in [0, 0.1) is 0 Å². The van der Waals surface area contributed by atoms with Crippen LogP contribution in [0.4, 0.5) is 13.2 Å². The van der Waals surface area contributed by atoms with Crippen molar-refractivity contribution in [3.8, 4) is 11.3 Å². The third-order valence-electron chi connectivity index (χ3n) is 5.33. The molecule has 2 atom stereocenters. The Morgan fingerprint density at radius 2 is 2.07 bits per heavy atom.